The molecule has 3 rings (SSSR count). The molecule has 0 spiro atoms. The Morgan fingerprint density at radius 3 is 2.64 bits per heavy atom. The van der Waals surface area contributed by atoms with Gasteiger partial charge in [0, 0.05) is 11.4 Å². The smallest absolute Gasteiger partial charge is 0.237 e. The van der Waals surface area contributed by atoms with Gasteiger partial charge in [-0.2, -0.15) is 5.26 Å². The molecule has 0 bridgehead atoms. The Balaban J connectivity index is 1.74. The van der Waals surface area contributed by atoms with E-state index < -0.39 is 0 Å². The first-order chi connectivity index (χ1) is 12.0. The third kappa shape index (κ3) is 4.02. The number of fused-ring (bicyclic) bond motifs is 1. The van der Waals surface area contributed by atoms with Crippen molar-refractivity contribution in [2.75, 3.05) is 5.32 Å². The van der Waals surface area contributed by atoms with Crippen molar-refractivity contribution in [3.8, 4) is 6.07 Å². The number of hydrogen-bond donors (Lipinski definition) is 1. The van der Waals surface area contributed by atoms with E-state index in [-0.39, 0.29) is 11.2 Å². The fourth-order valence-corrected chi connectivity index (χ4v) is 4.03. The highest BCUT2D eigenvalue weighted by atomic mass is 32.2. The lowest BCUT2D eigenvalue weighted by atomic mass is 10.1. The summed E-state index contributed by atoms with van der Waals surface area (Å²) in [5, 5.41) is 12.7. The standard InChI is InChI=1S/C20H21N3OS/c1-12-7-13(2)9-17(8-12)22-19(24)14(3)25-20-16(11-21)10-15-5-4-6-18(15)23-20/h7-10,14H,4-6H2,1-3H3,(H,22,24). The highest BCUT2D eigenvalue weighted by Gasteiger charge is 2.21. The van der Waals surface area contributed by atoms with Crippen LogP contribution in [0.1, 0.15) is 41.3 Å². The van der Waals surface area contributed by atoms with Gasteiger partial charge in [-0.15, -0.1) is 0 Å². The highest BCUT2D eigenvalue weighted by molar-refractivity contribution is 8.00. The Morgan fingerprint density at radius 1 is 1.24 bits per heavy atom. The third-order valence-corrected chi connectivity index (χ3v) is 5.39. The SMILES string of the molecule is Cc1cc(C)cc(NC(=O)C(C)Sc2nc3c(cc2C#N)CCC3)c1. The van der Waals surface area contributed by atoms with Gasteiger partial charge < -0.3 is 5.32 Å². The van der Waals surface area contributed by atoms with E-state index in [2.05, 4.69) is 22.4 Å². The van der Waals surface area contributed by atoms with Crippen LogP contribution < -0.4 is 5.32 Å². The molecule has 1 aliphatic rings. The molecule has 5 heteroatoms. The van der Waals surface area contributed by atoms with Crippen molar-refractivity contribution in [2.45, 2.75) is 50.3 Å². The molecule has 1 aromatic heterocycles. The van der Waals surface area contributed by atoms with Gasteiger partial charge in [-0.05, 0) is 74.9 Å². The van der Waals surface area contributed by atoms with E-state index in [1.807, 2.05) is 39.0 Å². The first-order valence-electron chi connectivity index (χ1n) is 8.45. The topological polar surface area (TPSA) is 65.8 Å². The minimum absolute atomic E-state index is 0.0822. The Morgan fingerprint density at radius 2 is 1.96 bits per heavy atom. The molecule has 0 radical (unpaired) electrons. The van der Waals surface area contributed by atoms with Crippen molar-refractivity contribution >= 4 is 23.4 Å². The maximum atomic E-state index is 12.5. The lowest BCUT2D eigenvalue weighted by molar-refractivity contribution is -0.115. The molecule has 1 heterocycles. The first-order valence-corrected chi connectivity index (χ1v) is 9.33. The molecular weight excluding hydrogens is 330 g/mol. The van der Waals surface area contributed by atoms with Gasteiger partial charge in [0.2, 0.25) is 5.91 Å². The van der Waals surface area contributed by atoms with E-state index in [1.165, 1.54) is 17.3 Å². The van der Waals surface area contributed by atoms with Crippen molar-refractivity contribution in [1.82, 2.24) is 4.98 Å². The molecule has 25 heavy (non-hydrogen) atoms. The van der Waals surface area contributed by atoms with E-state index >= 15 is 0 Å². The zero-order valence-corrected chi connectivity index (χ0v) is 15.5. The molecule has 128 valence electrons. The predicted molar refractivity (Wildman–Crippen MR) is 101 cm³/mol. The lowest BCUT2D eigenvalue weighted by Crippen LogP contribution is -2.22. The summed E-state index contributed by atoms with van der Waals surface area (Å²) in [6, 6.07) is 10.1. The van der Waals surface area contributed by atoms with Crippen LogP contribution >= 0.6 is 11.8 Å². The van der Waals surface area contributed by atoms with Crippen LogP contribution in [0.5, 0.6) is 0 Å². The minimum atomic E-state index is -0.333. The van der Waals surface area contributed by atoms with Crippen LogP contribution in [0.25, 0.3) is 0 Å². The van der Waals surface area contributed by atoms with Crippen molar-refractivity contribution < 1.29 is 4.79 Å². The number of nitrogens with one attached hydrogen (secondary N) is 1. The van der Waals surface area contributed by atoms with Crippen molar-refractivity contribution in [2.24, 2.45) is 0 Å². The van der Waals surface area contributed by atoms with Gasteiger partial charge in [0.1, 0.15) is 11.1 Å². The summed E-state index contributed by atoms with van der Waals surface area (Å²) in [6.45, 7) is 5.86. The van der Waals surface area contributed by atoms with Gasteiger partial charge in [-0.3, -0.25) is 4.79 Å². The summed E-state index contributed by atoms with van der Waals surface area (Å²) in [5.74, 6) is -0.0822. The molecule has 0 saturated heterocycles. The number of hydrogen-bond acceptors (Lipinski definition) is 4. The molecule has 2 aromatic rings. The molecule has 1 unspecified atom stereocenters. The highest BCUT2D eigenvalue weighted by Crippen LogP contribution is 2.30. The van der Waals surface area contributed by atoms with Crippen LogP contribution in [-0.4, -0.2) is 16.1 Å². The van der Waals surface area contributed by atoms with Crippen LogP contribution in [-0.2, 0) is 17.6 Å². The number of amides is 1. The van der Waals surface area contributed by atoms with Gasteiger partial charge in [0.05, 0.1) is 10.8 Å². The molecule has 1 aliphatic carbocycles. The second-order valence-electron chi connectivity index (χ2n) is 6.54. The van der Waals surface area contributed by atoms with Crippen LogP contribution in [0.4, 0.5) is 5.69 Å². The maximum Gasteiger partial charge on any atom is 0.237 e. The summed E-state index contributed by atoms with van der Waals surface area (Å²) in [7, 11) is 0. The van der Waals surface area contributed by atoms with Crippen LogP contribution in [0.15, 0.2) is 29.3 Å². The summed E-state index contributed by atoms with van der Waals surface area (Å²) in [4.78, 5) is 17.2. The summed E-state index contributed by atoms with van der Waals surface area (Å²) < 4.78 is 0. The number of aryl methyl sites for hydroxylation is 4. The quantitative estimate of drug-likeness (QED) is 0.839. The van der Waals surface area contributed by atoms with E-state index in [4.69, 9.17) is 0 Å². The van der Waals surface area contributed by atoms with Gasteiger partial charge in [0.25, 0.3) is 0 Å². The average Bonchev–Trinajstić information content (AvgIpc) is 3.00. The number of benzene rings is 1. The predicted octanol–water partition coefficient (Wildman–Crippen LogP) is 4.18. The molecule has 1 atom stereocenters. The zero-order chi connectivity index (χ0) is 18.0. The summed E-state index contributed by atoms with van der Waals surface area (Å²) in [5.41, 5.74) is 5.84. The maximum absolute atomic E-state index is 12.5. The Bertz CT molecular complexity index is 850. The van der Waals surface area contributed by atoms with Crippen molar-refractivity contribution in [1.29, 1.82) is 5.26 Å². The van der Waals surface area contributed by atoms with E-state index in [0.29, 0.717) is 10.6 Å². The Kier molecular flexibility index (Phi) is 5.10. The lowest BCUT2D eigenvalue weighted by Gasteiger charge is -2.14. The zero-order valence-electron chi connectivity index (χ0n) is 14.7. The third-order valence-electron chi connectivity index (χ3n) is 4.28. The number of nitriles is 1. The monoisotopic (exact) mass is 351 g/mol. The number of aromatic nitrogens is 1. The van der Waals surface area contributed by atoms with Gasteiger partial charge in [-0.1, -0.05) is 17.8 Å². The second kappa shape index (κ2) is 7.28. The van der Waals surface area contributed by atoms with Crippen molar-refractivity contribution in [3.63, 3.8) is 0 Å². The molecule has 0 aliphatic heterocycles. The number of carbonyl (C=O) groups is 1. The van der Waals surface area contributed by atoms with E-state index in [0.717, 1.165) is 41.8 Å². The number of carbonyl (C=O) groups excluding carboxylic acids is 1. The number of rotatable bonds is 4. The molecule has 1 aromatic carbocycles. The van der Waals surface area contributed by atoms with Gasteiger partial charge >= 0.3 is 0 Å². The molecule has 0 fully saturated rings. The Labute approximate surface area is 152 Å². The largest absolute Gasteiger partial charge is 0.325 e. The van der Waals surface area contributed by atoms with Crippen LogP contribution in [0, 0.1) is 25.2 Å². The van der Waals surface area contributed by atoms with Gasteiger partial charge in [-0.25, -0.2) is 4.98 Å². The summed E-state index contributed by atoms with van der Waals surface area (Å²) in [6.07, 6.45) is 3.03. The van der Waals surface area contributed by atoms with Crippen molar-refractivity contribution in [3.05, 3.63) is 52.2 Å². The van der Waals surface area contributed by atoms with E-state index in [9.17, 15) is 10.1 Å². The number of thioether (sulfide) groups is 1. The average molecular weight is 351 g/mol. The van der Waals surface area contributed by atoms with E-state index in [1.54, 1.807) is 0 Å². The first kappa shape index (κ1) is 17.5. The number of nitrogens with zero attached hydrogens (tertiary/aromatic N) is 2. The molecule has 1 N–H and O–H groups in total. The normalized spacial score (nSPS) is 13.8. The molecule has 0 saturated carbocycles. The number of anilines is 1. The fraction of sp³-hybridized carbons (Fsp3) is 0.350. The molecular formula is C20H21N3OS. The molecule has 1 amide bonds. The summed E-state index contributed by atoms with van der Waals surface area (Å²) >= 11 is 1.35. The number of pyridine rings is 1. The van der Waals surface area contributed by atoms with Gasteiger partial charge in [0.15, 0.2) is 0 Å². The van der Waals surface area contributed by atoms with Crippen LogP contribution in [0.3, 0.4) is 0 Å². The molecule has 4 nitrogen and oxygen atoms in total. The van der Waals surface area contributed by atoms with Crippen LogP contribution in [0.2, 0.25) is 0 Å². The fourth-order valence-electron chi connectivity index (χ4n) is 3.13. The Hall–Kier alpha value is -2.32. The second-order valence-corrected chi connectivity index (χ2v) is 7.87. The minimum Gasteiger partial charge on any atom is -0.325 e.